The van der Waals surface area contributed by atoms with Gasteiger partial charge in [-0.15, -0.1) is 0 Å². The number of anilines is 1. The number of amides is 1. The number of carbonyl (C=O) groups excluding carboxylic acids is 1. The Bertz CT molecular complexity index is 332. The number of para-hydroxylation sites is 1. The highest BCUT2D eigenvalue weighted by Crippen LogP contribution is 2.18. The predicted octanol–water partition coefficient (Wildman–Crippen LogP) is 2.11. The van der Waals surface area contributed by atoms with Gasteiger partial charge < -0.3 is 10.1 Å². The lowest BCUT2D eigenvalue weighted by Crippen LogP contribution is -2.19. The van der Waals surface area contributed by atoms with Crippen LogP contribution in [0.3, 0.4) is 0 Å². The van der Waals surface area contributed by atoms with Crippen LogP contribution < -0.4 is 5.32 Å². The summed E-state index contributed by atoms with van der Waals surface area (Å²) >= 11 is 0. The molecule has 0 saturated heterocycles. The second-order valence-electron chi connectivity index (χ2n) is 3.12. The van der Waals surface area contributed by atoms with E-state index in [1.165, 1.54) is 6.07 Å². The fraction of sp³-hybridized carbons (Fsp3) is 0.364. The van der Waals surface area contributed by atoms with Gasteiger partial charge >= 0.3 is 0 Å². The Morgan fingerprint density at radius 1 is 1.53 bits per heavy atom. The van der Waals surface area contributed by atoms with Crippen molar-refractivity contribution in [2.24, 2.45) is 0 Å². The van der Waals surface area contributed by atoms with Crippen molar-refractivity contribution in [3.63, 3.8) is 0 Å². The maximum Gasteiger partial charge on any atom is 0.250 e. The van der Waals surface area contributed by atoms with Gasteiger partial charge in [0.05, 0.1) is 5.69 Å². The topological polar surface area (TPSA) is 38.3 Å². The molecule has 0 radical (unpaired) electrons. The van der Waals surface area contributed by atoms with Crippen molar-refractivity contribution >= 4 is 11.6 Å². The quantitative estimate of drug-likeness (QED) is 0.828. The van der Waals surface area contributed by atoms with Gasteiger partial charge in [-0.05, 0) is 25.5 Å². The summed E-state index contributed by atoms with van der Waals surface area (Å²) < 4.78 is 18.2. The minimum absolute atomic E-state index is 0.0513. The van der Waals surface area contributed by atoms with Gasteiger partial charge in [0.1, 0.15) is 12.4 Å². The molecule has 1 aromatic rings. The number of ether oxygens (including phenoxy) is 1. The van der Waals surface area contributed by atoms with Gasteiger partial charge in [-0.2, -0.15) is 0 Å². The maximum atomic E-state index is 13.3. The van der Waals surface area contributed by atoms with Crippen molar-refractivity contribution in [1.29, 1.82) is 0 Å². The molecule has 0 aliphatic rings. The van der Waals surface area contributed by atoms with Crippen molar-refractivity contribution in [2.75, 3.05) is 18.5 Å². The molecule has 0 atom stereocenters. The van der Waals surface area contributed by atoms with Crippen LogP contribution in [0.25, 0.3) is 0 Å². The maximum absolute atomic E-state index is 13.3. The van der Waals surface area contributed by atoms with Gasteiger partial charge in [0.15, 0.2) is 0 Å². The fourth-order valence-electron chi connectivity index (χ4n) is 1.16. The molecule has 0 heterocycles. The van der Waals surface area contributed by atoms with Crippen LogP contribution in [0.15, 0.2) is 18.2 Å². The first-order chi connectivity index (χ1) is 7.15. The van der Waals surface area contributed by atoms with E-state index in [9.17, 15) is 9.18 Å². The molecular weight excluding hydrogens is 197 g/mol. The van der Waals surface area contributed by atoms with E-state index in [1.54, 1.807) is 26.0 Å². The van der Waals surface area contributed by atoms with E-state index in [0.29, 0.717) is 12.2 Å². The van der Waals surface area contributed by atoms with Crippen LogP contribution >= 0.6 is 0 Å². The van der Waals surface area contributed by atoms with Crippen LogP contribution in [0.5, 0.6) is 0 Å². The molecule has 0 aromatic heterocycles. The van der Waals surface area contributed by atoms with Crippen LogP contribution in [0.4, 0.5) is 10.1 Å². The van der Waals surface area contributed by atoms with Gasteiger partial charge in [0, 0.05) is 6.61 Å². The second kappa shape index (κ2) is 5.46. The summed E-state index contributed by atoms with van der Waals surface area (Å²) in [6.07, 6.45) is 0. The normalized spacial score (nSPS) is 10.1. The molecule has 0 fully saturated rings. The van der Waals surface area contributed by atoms with Gasteiger partial charge in [0.2, 0.25) is 5.91 Å². The molecule has 0 spiro atoms. The van der Waals surface area contributed by atoms with Crippen LogP contribution in [0.1, 0.15) is 12.5 Å². The minimum atomic E-state index is -0.431. The Labute approximate surface area is 88.2 Å². The van der Waals surface area contributed by atoms with Gasteiger partial charge in [-0.3, -0.25) is 4.79 Å². The molecule has 0 aliphatic carbocycles. The van der Waals surface area contributed by atoms with Crippen molar-refractivity contribution in [3.8, 4) is 0 Å². The third-order valence-corrected chi connectivity index (χ3v) is 1.92. The molecule has 15 heavy (non-hydrogen) atoms. The number of aryl methyl sites for hydroxylation is 1. The van der Waals surface area contributed by atoms with Crippen molar-refractivity contribution in [3.05, 3.63) is 29.6 Å². The third-order valence-electron chi connectivity index (χ3n) is 1.92. The van der Waals surface area contributed by atoms with E-state index in [2.05, 4.69) is 5.32 Å². The summed E-state index contributed by atoms with van der Waals surface area (Å²) in [5.41, 5.74) is 0.919. The number of benzene rings is 1. The number of halogens is 1. The first kappa shape index (κ1) is 11.7. The van der Waals surface area contributed by atoms with Crippen molar-refractivity contribution < 1.29 is 13.9 Å². The lowest BCUT2D eigenvalue weighted by molar-refractivity contribution is -0.120. The standard InChI is InChI=1S/C11H14FNO2/c1-3-15-7-10(14)13-11-8(2)5-4-6-9(11)12/h4-6H,3,7H2,1-2H3,(H,13,14). The number of hydrogen-bond acceptors (Lipinski definition) is 2. The summed E-state index contributed by atoms with van der Waals surface area (Å²) in [5.74, 6) is -0.773. The summed E-state index contributed by atoms with van der Waals surface area (Å²) in [4.78, 5) is 11.3. The molecule has 0 bridgehead atoms. The Morgan fingerprint density at radius 3 is 2.87 bits per heavy atom. The Kier molecular flexibility index (Phi) is 4.24. The van der Waals surface area contributed by atoms with E-state index in [-0.39, 0.29) is 18.2 Å². The molecule has 3 nitrogen and oxygen atoms in total. The van der Waals surface area contributed by atoms with Gasteiger partial charge in [-0.25, -0.2) is 4.39 Å². The monoisotopic (exact) mass is 211 g/mol. The predicted molar refractivity (Wildman–Crippen MR) is 56.3 cm³/mol. The first-order valence-electron chi connectivity index (χ1n) is 4.78. The number of rotatable bonds is 4. The molecule has 0 saturated carbocycles. The SMILES string of the molecule is CCOCC(=O)Nc1c(C)cccc1F. The smallest absolute Gasteiger partial charge is 0.250 e. The highest BCUT2D eigenvalue weighted by molar-refractivity contribution is 5.92. The zero-order chi connectivity index (χ0) is 11.3. The number of carbonyl (C=O) groups is 1. The van der Waals surface area contributed by atoms with Crippen LogP contribution in [0.2, 0.25) is 0 Å². The lowest BCUT2D eigenvalue weighted by atomic mass is 10.2. The average molecular weight is 211 g/mol. The second-order valence-corrected chi connectivity index (χ2v) is 3.12. The van der Waals surface area contributed by atoms with E-state index in [4.69, 9.17) is 4.74 Å². The van der Waals surface area contributed by atoms with E-state index in [0.717, 1.165) is 0 Å². The molecule has 1 rings (SSSR count). The Balaban J connectivity index is 2.68. The van der Waals surface area contributed by atoms with Gasteiger partial charge in [0.25, 0.3) is 0 Å². The lowest BCUT2D eigenvalue weighted by Gasteiger charge is -2.08. The molecule has 1 amide bonds. The zero-order valence-corrected chi connectivity index (χ0v) is 8.84. The van der Waals surface area contributed by atoms with Crippen LogP contribution in [-0.4, -0.2) is 19.1 Å². The average Bonchev–Trinajstić information content (AvgIpc) is 2.21. The summed E-state index contributed by atoms with van der Waals surface area (Å²) in [5, 5.41) is 2.47. The highest BCUT2D eigenvalue weighted by Gasteiger charge is 2.08. The van der Waals surface area contributed by atoms with E-state index >= 15 is 0 Å². The fourth-order valence-corrected chi connectivity index (χ4v) is 1.16. The number of nitrogens with one attached hydrogen (secondary N) is 1. The minimum Gasteiger partial charge on any atom is -0.372 e. The summed E-state index contributed by atoms with van der Waals surface area (Å²) in [6, 6.07) is 4.64. The van der Waals surface area contributed by atoms with Crippen LogP contribution in [-0.2, 0) is 9.53 Å². The van der Waals surface area contributed by atoms with Crippen LogP contribution in [0, 0.1) is 12.7 Å². The molecule has 82 valence electrons. The Morgan fingerprint density at radius 2 is 2.27 bits per heavy atom. The largest absolute Gasteiger partial charge is 0.372 e. The van der Waals surface area contributed by atoms with Crippen molar-refractivity contribution in [1.82, 2.24) is 0 Å². The zero-order valence-electron chi connectivity index (χ0n) is 8.84. The molecule has 0 aliphatic heterocycles. The van der Waals surface area contributed by atoms with Gasteiger partial charge in [-0.1, -0.05) is 12.1 Å². The molecule has 1 aromatic carbocycles. The molecular formula is C11H14FNO2. The third kappa shape index (κ3) is 3.32. The summed E-state index contributed by atoms with van der Waals surface area (Å²) in [6.45, 7) is 3.94. The molecule has 1 N–H and O–H groups in total. The van der Waals surface area contributed by atoms with E-state index < -0.39 is 5.82 Å². The molecule has 4 heteroatoms. The number of hydrogen-bond donors (Lipinski definition) is 1. The highest BCUT2D eigenvalue weighted by atomic mass is 19.1. The molecule has 0 unspecified atom stereocenters. The first-order valence-corrected chi connectivity index (χ1v) is 4.78. The Hall–Kier alpha value is -1.42. The van der Waals surface area contributed by atoms with Crippen molar-refractivity contribution in [2.45, 2.75) is 13.8 Å². The summed E-state index contributed by atoms with van der Waals surface area (Å²) in [7, 11) is 0. The van der Waals surface area contributed by atoms with E-state index in [1.807, 2.05) is 0 Å².